The molecule has 2 atom stereocenters. The average molecular weight is 421 g/mol. The second-order valence-electron chi connectivity index (χ2n) is 7.71. The zero-order valence-electron chi connectivity index (χ0n) is 16.7. The third-order valence-corrected chi connectivity index (χ3v) is 5.91. The maximum Gasteiger partial charge on any atom is 0.237 e. The van der Waals surface area contributed by atoms with Crippen LogP contribution in [-0.4, -0.2) is 34.6 Å². The van der Waals surface area contributed by atoms with Gasteiger partial charge in [-0.05, 0) is 34.7 Å². The summed E-state index contributed by atoms with van der Waals surface area (Å²) in [7, 11) is 0. The third kappa shape index (κ3) is 4.90. The monoisotopic (exact) mass is 420 g/mol. The summed E-state index contributed by atoms with van der Waals surface area (Å²) in [6.45, 7) is 1.47. The molecule has 3 aromatic rings. The predicted molar refractivity (Wildman–Crippen MR) is 120 cm³/mol. The molecule has 0 aliphatic carbocycles. The van der Waals surface area contributed by atoms with E-state index in [1.165, 1.54) is 5.56 Å². The lowest BCUT2D eigenvalue weighted by Crippen LogP contribution is -2.42. The lowest BCUT2D eigenvalue weighted by molar-refractivity contribution is -0.125. The van der Waals surface area contributed by atoms with E-state index in [4.69, 9.17) is 11.6 Å². The summed E-state index contributed by atoms with van der Waals surface area (Å²) in [6.07, 6.45) is -0.0724. The lowest BCUT2D eigenvalue weighted by atomic mass is 10.0. The van der Waals surface area contributed by atoms with Gasteiger partial charge in [0.1, 0.15) is 0 Å². The van der Waals surface area contributed by atoms with E-state index in [0.717, 1.165) is 16.7 Å². The number of benzene rings is 3. The Hall–Kier alpha value is -2.66. The minimum atomic E-state index is -0.506. The highest BCUT2D eigenvalue weighted by atomic mass is 35.5. The number of β-amino-alcohol motifs (C(OH)–C–C–N with tert-alkyl or cyclic N) is 1. The highest BCUT2D eigenvalue weighted by Crippen LogP contribution is 2.24. The zero-order chi connectivity index (χ0) is 20.9. The van der Waals surface area contributed by atoms with Crippen LogP contribution in [-0.2, 0) is 17.9 Å². The van der Waals surface area contributed by atoms with Crippen LogP contribution >= 0.6 is 11.6 Å². The van der Waals surface area contributed by atoms with Crippen molar-refractivity contribution in [3.8, 4) is 11.1 Å². The highest BCUT2D eigenvalue weighted by molar-refractivity contribution is 6.31. The summed E-state index contributed by atoms with van der Waals surface area (Å²) >= 11 is 6.27. The average Bonchev–Trinajstić information content (AvgIpc) is 3.15. The Morgan fingerprint density at radius 3 is 2.37 bits per heavy atom. The number of halogens is 1. The van der Waals surface area contributed by atoms with Gasteiger partial charge in [0.2, 0.25) is 5.91 Å². The van der Waals surface area contributed by atoms with E-state index in [2.05, 4.69) is 29.6 Å². The predicted octanol–water partition coefficient (Wildman–Crippen LogP) is 4.26. The van der Waals surface area contributed by atoms with E-state index < -0.39 is 6.10 Å². The number of hydrogen-bond acceptors (Lipinski definition) is 3. The van der Waals surface area contributed by atoms with Crippen LogP contribution in [0, 0.1) is 0 Å². The molecular formula is C25H25ClN2O2. The van der Waals surface area contributed by atoms with Gasteiger partial charge in [-0.1, -0.05) is 84.4 Å². The fourth-order valence-corrected chi connectivity index (χ4v) is 4.12. The SMILES string of the molecule is O=C(NCc1ccc(-c2ccccc2)cc1)[C@@H]1C[C@@H](O)CN1Cc1ccccc1Cl. The van der Waals surface area contributed by atoms with Crippen molar-refractivity contribution in [2.45, 2.75) is 31.7 Å². The number of nitrogens with one attached hydrogen (secondary N) is 1. The normalized spacial score (nSPS) is 19.0. The molecule has 0 spiro atoms. The van der Waals surface area contributed by atoms with Crippen molar-refractivity contribution in [2.24, 2.45) is 0 Å². The molecular weight excluding hydrogens is 396 g/mol. The van der Waals surface area contributed by atoms with Gasteiger partial charge in [0.25, 0.3) is 0 Å². The molecule has 154 valence electrons. The molecule has 4 rings (SSSR count). The number of amides is 1. The number of likely N-dealkylation sites (tertiary alicyclic amines) is 1. The molecule has 1 aliphatic rings. The van der Waals surface area contributed by atoms with Crippen molar-refractivity contribution in [1.29, 1.82) is 0 Å². The summed E-state index contributed by atoms with van der Waals surface area (Å²) in [5.74, 6) is -0.0641. The van der Waals surface area contributed by atoms with Crippen LogP contribution in [0.1, 0.15) is 17.5 Å². The molecule has 1 amide bonds. The Morgan fingerprint density at radius 2 is 1.63 bits per heavy atom. The van der Waals surface area contributed by atoms with Gasteiger partial charge in [-0.3, -0.25) is 9.69 Å². The summed E-state index contributed by atoms with van der Waals surface area (Å²) in [5, 5.41) is 13.8. The van der Waals surface area contributed by atoms with Crippen molar-refractivity contribution in [3.05, 3.63) is 95.0 Å². The zero-order valence-corrected chi connectivity index (χ0v) is 17.4. The lowest BCUT2D eigenvalue weighted by Gasteiger charge is -2.24. The largest absolute Gasteiger partial charge is 0.392 e. The molecule has 5 heteroatoms. The minimum Gasteiger partial charge on any atom is -0.392 e. The van der Waals surface area contributed by atoms with Crippen LogP contribution in [0.25, 0.3) is 11.1 Å². The van der Waals surface area contributed by atoms with Crippen molar-refractivity contribution in [2.75, 3.05) is 6.54 Å². The molecule has 4 nitrogen and oxygen atoms in total. The topological polar surface area (TPSA) is 52.6 Å². The quantitative estimate of drug-likeness (QED) is 0.626. The number of hydrogen-bond donors (Lipinski definition) is 2. The second-order valence-corrected chi connectivity index (χ2v) is 8.11. The van der Waals surface area contributed by atoms with E-state index in [1.807, 2.05) is 59.5 Å². The molecule has 3 aromatic carbocycles. The molecule has 1 aliphatic heterocycles. The summed E-state index contributed by atoms with van der Waals surface area (Å²) in [4.78, 5) is 14.8. The Morgan fingerprint density at radius 1 is 0.967 bits per heavy atom. The first-order valence-corrected chi connectivity index (χ1v) is 10.6. The van der Waals surface area contributed by atoms with Gasteiger partial charge in [0, 0.05) is 24.7 Å². The van der Waals surface area contributed by atoms with Gasteiger partial charge in [-0.2, -0.15) is 0 Å². The van der Waals surface area contributed by atoms with Crippen LogP contribution in [0.3, 0.4) is 0 Å². The van der Waals surface area contributed by atoms with E-state index >= 15 is 0 Å². The molecule has 1 fully saturated rings. The van der Waals surface area contributed by atoms with Gasteiger partial charge >= 0.3 is 0 Å². The third-order valence-electron chi connectivity index (χ3n) is 5.54. The Kier molecular flexibility index (Phi) is 6.48. The van der Waals surface area contributed by atoms with Gasteiger partial charge < -0.3 is 10.4 Å². The van der Waals surface area contributed by atoms with Crippen LogP contribution in [0.4, 0.5) is 0 Å². The first-order valence-electron chi connectivity index (χ1n) is 10.2. The summed E-state index contributed by atoms with van der Waals surface area (Å²) in [6, 6.07) is 25.7. The first kappa shape index (κ1) is 20.6. The summed E-state index contributed by atoms with van der Waals surface area (Å²) in [5.41, 5.74) is 4.32. The number of aliphatic hydroxyl groups excluding tert-OH is 1. The Labute approximate surface area is 182 Å². The van der Waals surface area contributed by atoms with E-state index in [1.54, 1.807) is 0 Å². The first-order chi connectivity index (χ1) is 14.6. The van der Waals surface area contributed by atoms with Gasteiger partial charge in [0.15, 0.2) is 0 Å². The number of aliphatic hydroxyl groups is 1. The maximum atomic E-state index is 12.8. The number of carbonyl (C=O) groups excluding carboxylic acids is 1. The smallest absolute Gasteiger partial charge is 0.237 e. The van der Waals surface area contributed by atoms with Crippen LogP contribution in [0.5, 0.6) is 0 Å². The van der Waals surface area contributed by atoms with Crippen molar-refractivity contribution in [1.82, 2.24) is 10.2 Å². The Bertz CT molecular complexity index is 992. The standard InChI is InChI=1S/C25H25ClN2O2/c26-23-9-5-4-8-21(23)16-28-17-22(29)14-24(28)25(30)27-15-18-10-12-20(13-11-18)19-6-2-1-3-7-19/h1-13,22,24,29H,14-17H2,(H,27,30)/t22-,24+/m1/s1. The van der Waals surface area contributed by atoms with Crippen LogP contribution in [0.15, 0.2) is 78.9 Å². The minimum absolute atomic E-state index is 0.0641. The van der Waals surface area contributed by atoms with Gasteiger partial charge in [-0.25, -0.2) is 0 Å². The second kappa shape index (κ2) is 9.43. The molecule has 0 saturated carbocycles. The van der Waals surface area contributed by atoms with Crippen LogP contribution < -0.4 is 5.32 Å². The molecule has 0 bridgehead atoms. The maximum absolute atomic E-state index is 12.8. The molecule has 1 saturated heterocycles. The Balaban J connectivity index is 1.37. The number of carbonyl (C=O) groups is 1. The fourth-order valence-electron chi connectivity index (χ4n) is 3.92. The molecule has 0 aromatic heterocycles. The van der Waals surface area contributed by atoms with Crippen molar-refractivity contribution < 1.29 is 9.90 Å². The number of rotatable bonds is 6. The van der Waals surface area contributed by atoms with Gasteiger partial charge in [0.05, 0.1) is 12.1 Å². The number of nitrogens with zero attached hydrogens (tertiary/aromatic N) is 1. The van der Waals surface area contributed by atoms with Crippen LogP contribution in [0.2, 0.25) is 5.02 Å². The van der Waals surface area contributed by atoms with Gasteiger partial charge in [-0.15, -0.1) is 0 Å². The molecule has 30 heavy (non-hydrogen) atoms. The van der Waals surface area contributed by atoms with E-state index in [-0.39, 0.29) is 11.9 Å². The van der Waals surface area contributed by atoms with Crippen molar-refractivity contribution in [3.63, 3.8) is 0 Å². The van der Waals surface area contributed by atoms with E-state index in [9.17, 15) is 9.90 Å². The van der Waals surface area contributed by atoms with E-state index in [0.29, 0.717) is 31.1 Å². The molecule has 1 heterocycles. The molecule has 2 N–H and O–H groups in total. The summed E-state index contributed by atoms with van der Waals surface area (Å²) < 4.78 is 0. The fraction of sp³-hybridized carbons (Fsp3) is 0.240. The highest BCUT2D eigenvalue weighted by Gasteiger charge is 2.35. The molecule has 0 radical (unpaired) electrons. The van der Waals surface area contributed by atoms with Crippen molar-refractivity contribution >= 4 is 17.5 Å². The molecule has 0 unspecified atom stereocenters.